The van der Waals surface area contributed by atoms with E-state index in [-0.39, 0.29) is 43.6 Å². The summed E-state index contributed by atoms with van der Waals surface area (Å²) in [5.74, 6) is -0.268. The molecule has 2 amide bonds. The van der Waals surface area contributed by atoms with E-state index in [2.05, 4.69) is 6.07 Å². The van der Waals surface area contributed by atoms with Gasteiger partial charge in [-0.1, -0.05) is 53.8 Å². The molecule has 1 aromatic heterocycles. The lowest BCUT2D eigenvalue weighted by Crippen LogP contribution is -2.50. The second-order valence-corrected chi connectivity index (χ2v) is 12.8. The van der Waals surface area contributed by atoms with E-state index in [4.69, 9.17) is 9.72 Å². The van der Waals surface area contributed by atoms with Crippen LogP contribution in [-0.4, -0.2) is 67.4 Å². The van der Waals surface area contributed by atoms with Crippen LogP contribution in [0.4, 0.5) is 9.93 Å². The molecule has 0 bridgehead atoms. The zero-order chi connectivity index (χ0) is 29.1. The number of carbonyl (C=O) groups is 2. The molecule has 1 aliphatic heterocycles. The fourth-order valence-corrected chi connectivity index (χ4v) is 7.29. The number of hydrogen-bond acceptors (Lipinski definition) is 7. The standard InChI is InChI=1S/C30H32N4O5S2/c1-4-39-30(36)32-16-18-33(19-17-32)41(37,38)25-14-12-24(13-15-25)28(35)34(20-23-8-6-5-7-9-23)29-31-26-21(2)10-11-22(3)27(26)40-29/h5-15H,4,16-20H2,1-3H3. The van der Waals surface area contributed by atoms with Crippen LogP contribution in [0.5, 0.6) is 0 Å². The van der Waals surface area contributed by atoms with Crippen molar-refractivity contribution in [3.05, 3.63) is 89.0 Å². The highest BCUT2D eigenvalue weighted by Gasteiger charge is 2.31. The first kappa shape index (κ1) is 28.7. The van der Waals surface area contributed by atoms with E-state index in [0.717, 1.165) is 26.9 Å². The number of ether oxygens (including phenoxy) is 1. The maximum Gasteiger partial charge on any atom is 0.409 e. The third-order valence-corrected chi connectivity index (χ3v) is 10.2. The Balaban J connectivity index is 1.39. The summed E-state index contributed by atoms with van der Waals surface area (Å²) in [7, 11) is -3.79. The minimum absolute atomic E-state index is 0.0967. The predicted octanol–water partition coefficient (Wildman–Crippen LogP) is 5.22. The van der Waals surface area contributed by atoms with Gasteiger partial charge in [0.2, 0.25) is 10.0 Å². The van der Waals surface area contributed by atoms with Crippen LogP contribution in [0.25, 0.3) is 10.2 Å². The molecule has 214 valence electrons. The molecule has 4 aromatic rings. The van der Waals surface area contributed by atoms with Gasteiger partial charge in [-0.15, -0.1) is 0 Å². The van der Waals surface area contributed by atoms with Gasteiger partial charge in [0.25, 0.3) is 5.91 Å². The van der Waals surface area contributed by atoms with Gasteiger partial charge >= 0.3 is 6.09 Å². The van der Waals surface area contributed by atoms with Gasteiger partial charge in [0.05, 0.1) is 28.3 Å². The van der Waals surface area contributed by atoms with Gasteiger partial charge < -0.3 is 9.64 Å². The average Bonchev–Trinajstić information content (AvgIpc) is 3.45. The monoisotopic (exact) mass is 592 g/mol. The molecule has 0 aliphatic carbocycles. The van der Waals surface area contributed by atoms with E-state index in [1.54, 1.807) is 24.0 Å². The van der Waals surface area contributed by atoms with Gasteiger partial charge in [-0.2, -0.15) is 4.31 Å². The Hall–Kier alpha value is -3.80. The van der Waals surface area contributed by atoms with Crippen LogP contribution in [0.1, 0.15) is 34.0 Å². The van der Waals surface area contributed by atoms with Crippen molar-refractivity contribution in [3.63, 3.8) is 0 Å². The van der Waals surface area contributed by atoms with Crippen LogP contribution in [0.2, 0.25) is 0 Å². The quantitative estimate of drug-likeness (QED) is 0.292. The number of thiazole rings is 1. The number of fused-ring (bicyclic) bond motifs is 1. The number of sulfonamides is 1. The Morgan fingerprint density at radius 3 is 2.22 bits per heavy atom. The molecule has 2 heterocycles. The third kappa shape index (κ3) is 5.97. The molecule has 3 aromatic carbocycles. The number of aromatic nitrogens is 1. The van der Waals surface area contributed by atoms with Crippen LogP contribution >= 0.6 is 11.3 Å². The van der Waals surface area contributed by atoms with E-state index in [1.165, 1.54) is 32.7 Å². The highest BCUT2D eigenvalue weighted by atomic mass is 32.2. The second-order valence-electron chi connectivity index (χ2n) is 9.86. The Labute approximate surface area is 244 Å². The number of benzene rings is 3. The molecule has 0 saturated carbocycles. The van der Waals surface area contributed by atoms with Crippen molar-refractivity contribution in [1.82, 2.24) is 14.2 Å². The summed E-state index contributed by atoms with van der Waals surface area (Å²) in [5, 5.41) is 0.586. The number of aryl methyl sites for hydroxylation is 2. The van der Waals surface area contributed by atoms with Gasteiger partial charge in [-0.05, 0) is 61.7 Å². The maximum absolute atomic E-state index is 13.9. The summed E-state index contributed by atoms with van der Waals surface area (Å²) < 4.78 is 34.0. The number of carbonyl (C=O) groups excluding carboxylic acids is 2. The lowest BCUT2D eigenvalue weighted by Gasteiger charge is -2.33. The van der Waals surface area contributed by atoms with Crippen molar-refractivity contribution in [2.75, 3.05) is 37.7 Å². The Morgan fingerprint density at radius 1 is 0.927 bits per heavy atom. The van der Waals surface area contributed by atoms with Crippen LogP contribution in [0, 0.1) is 13.8 Å². The number of piperazine rings is 1. The van der Waals surface area contributed by atoms with Crippen LogP contribution in [0.3, 0.4) is 0 Å². The fraction of sp³-hybridized carbons (Fsp3) is 0.300. The Kier molecular flexibility index (Phi) is 8.39. The fourth-order valence-electron chi connectivity index (χ4n) is 4.76. The van der Waals surface area contributed by atoms with E-state index < -0.39 is 16.1 Å². The molecular formula is C30H32N4O5S2. The van der Waals surface area contributed by atoms with Crippen molar-refractivity contribution >= 4 is 48.7 Å². The summed E-state index contributed by atoms with van der Waals surface area (Å²) in [6.45, 7) is 7.20. The highest BCUT2D eigenvalue weighted by molar-refractivity contribution is 7.89. The predicted molar refractivity (Wildman–Crippen MR) is 160 cm³/mol. The average molecular weight is 593 g/mol. The molecule has 0 unspecified atom stereocenters. The van der Waals surface area contributed by atoms with Crippen LogP contribution < -0.4 is 4.90 Å². The van der Waals surface area contributed by atoms with E-state index in [1.807, 2.05) is 50.2 Å². The van der Waals surface area contributed by atoms with Gasteiger partial charge in [-0.25, -0.2) is 18.2 Å². The van der Waals surface area contributed by atoms with E-state index in [0.29, 0.717) is 17.2 Å². The van der Waals surface area contributed by atoms with E-state index >= 15 is 0 Å². The number of hydrogen-bond donors (Lipinski definition) is 0. The highest BCUT2D eigenvalue weighted by Crippen LogP contribution is 2.34. The Bertz CT molecular complexity index is 1620. The molecule has 5 rings (SSSR count). The molecule has 1 saturated heterocycles. The largest absolute Gasteiger partial charge is 0.450 e. The molecule has 1 aliphatic rings. The van der Waals surface area contributed by atoms with Crippen LogP contribution in [0.15, 0.2) is 71.6 Å². The first-order valence-corrected chi connectivity index (χ1v) is 15.7. The minimum Gasteiger partial charge on any atom is -0.450 e. The second kappa shape index (κ2) is 12.0. The smallest absolute Gasteiger partial charge is 0.409 e. The minimum atomic E-state index is -3.79. The molecule has 1 fully saturated rings. The number of amides is 2. The molecule has 0 spiro atoms. The number of rotatable bonds is 7. The topological polar surface area (TPSA) is 100 Å². The normalized spacial score (nSPS) is 14.3. The first-order valence-electron chi connectivity index (χ1n) is 13.4. The Morgan fingerprint density at radius 2 is 1.59 bits per heavy atom. The molecule has 0 atom stereocenters. The summed E-state index contributed by atoms with van der Waals surface area (Å²) >= 11 is 1.47. The maximum atomic E-state index is 13.9. The third-order valence-electron chi connectivity index (χ3n) is 7.09. The van der Waals surface area contributed by atoms with Crippen molar-refractivity contribution in [1.29, 1.82) is 0 Å². The summed E-state index contributed by atoms with van der Waals surface area (Å²) in [6, 6.07) is 19.8. The number of anilines is 1. The van der Waals surface area contributed by atoms with Gasteiger partial charge in [0.15, 0.2) is 5.13 Å². The van der Waals surface area contributed by atoms with Crippen LogP contribution in [-0.2, 0) is 21.3 Å². The van der Waals surface area contributed by atoms with Gasteiger partial charge in [0.1, 0.15) is 0 Å². The summed E-state index contributed by atoms with van der Waals surface area (Å²) in [5.41, 5.74) is 4.33. The lowest BCUT2D eigenvalue weighted by atomic mass is 10.1. The molecular weight excluding hydrogens is 560 g/mol. The van der Waals surface area contributed by atoms with Crippen molar-refractivity contribution in [2.45, 2.75) is 32.2 Å². The molecule has 0 radical (unpaired) electrons. The van der Waals surface area contributed by atoms with Crippen molar-refractivity contribution in [3.8, 4) is 0 Å². The first-order chi connectivity index (χ1) is 19.7. The molecule has 41 heavy (non-hydrogen) atoms. The van der Waals surface area contributed by atoms with Crippen molar-refractivity contribution in [2.24, 2.45) is 0 Å². The molecule has 11 heteroatoms. The molecule has 0 N–H and O–H groups in total. The summed E-state index contributed by atoms with van der Waals surface area (Å²) in [4.78, 5) is 34.0. The SMILES string of the molecule is CCOC(=O)N1CCN(S(=O)(=O)c2ccc(C(=O)N(Cc3ccccc3)c3nc4c(C)ccc(C)c4s3)cc2)CC1. The van der Waals surface area contributed by atoms with Gasteiger partial charge in [-0.3, -0.25) is 9.69 Å². The zero-order valence-corrected chi connectivity index (χ0v) is 24.9. The van der Waals surface area contributed by atoms with Crippen molar-refractivity contribution < 1.29 is 22.7 Å². The zero-order valence-electron chi connectivity index (χ0n) is 23.2. The lowest BCUT2D eigenvalue weighted by molar-refractivity contribution is 0.0933. The van der Waals surface area contributed by atoms with Gasteiger partial charge in [0, 0.05) is 31.7 Å². The van der Waals surface area contributed by atoms with E-state index in [9.17, 15) is 18.0 Å². The number of nitrogens with zero attached hydrogens (tertiary/aromatic N) is 4. The molecule has 9 nitrogen and oxygen atoms in total. The summed E-state index contributed by atoms with van der Waals surface area (Å²) in [6.07, 6.45) is -0.439.